The highest BCUT2D eigenvalue weighted by molar-refractivity contribution is 7.90. The molecule has 332 valence electrons. The van der Waals surface area contributed by atoms with E-state index in [-0.39, 0.29) is 41.8 Å². The van der Waals surface area contributed by atoms with Gasteiger partial charge in [-0.3, -0.25) is 19.8 Å². The molecule has 7 rings (SSSR count). The predicted molar refractivity (Wildman–Crippen MR) is 241 cm³/mol. The summed E-state index contributed by atoms with van der Waals surface area (Å²) >= 11 is 0. The van der Waals surface area contributed by atoms with Crippen LogP contribution in [0.2, 0.25) is 0 Å². The van der Waals surface area contributed by atoms with Gasteiger partial charge in [0.15, 0.2) is 0 Å². The molecule has 0 saturated carbocycles. The number of sulfonamides is 1. The zero-order valence-corrected chi connectivity index (χ0v) is 37.1. The topological polar surface area (TPSA) is 166 Å². The van der Waals surface area contributed by atoms with Gasteiger partial charge in [-0.2, -0.15) is 0 Å². The number of halogens is 1. The van der Waals surface area contributed by atoms with Crippen LogP contribution in [0.4, 0.5) is 21.5 Å². The second-order valence-electron chi connectivity index (χ2n) is 17.9. The summed E-state index contributed by atoms with van der Waals surface area (Å²) in [7, 11) is -2.72. The Bertz CT molecular complexity index is 2450. The summed E-state index contributed by atoms with van der Waals surface area (Å²) in [5.41, 5.74) is 3.76. The van der Waals surface area contributed by atoms with Crippen LogP contribution in [0.15, 0.2) is 89.1 Å². The van der Waals surface area contributed by atoms with Crippen molar-refractivity contribution in [3.63, 3.8) is 0 Å². The predicted octanol–water partition coefficient (Wildman–Crippen LogP) is 8.60. The summed E-state index contributed by atoms with van der Waals surface area (Å²) in [5, 5.41) is 15.7. The minimum Gasteiger partial charge on any atom is -0.455 e. The maximum atomic E-state index is 15.4. The number of aromatic nitrogens is 2. The third-order valence-corrected chi connectivity index (χ3v) is 13.9. The van der Waals surface area contributed by atoms with Gasteiger partial charge in [0.2, 0.25) is 0 Å². The molecule has 2 aromatic heterocycles. The average Bonchev–Trinajstić information content (AvgIpc) is 3.72. The second-order valence-corrected chi connectivity index (χ2v) is 19.6. The van der Waals surface area contributed by atoms with Crippen LogP contribution in [0.5, 0.6) is 11.5 Å². The number of carbonyl (C=O) groups is 1. The molecule has 2 aliphatic heterocycles. The van der Waals surface area contributed by atoms with E-state index in [0.717, 1.165) is 94.5 Å². The number of ether oxygens (including phenoxy) is 1. The molecule has 1 aliphatic carbocycles. The number of benzene rings is 2. The van der Waals surface area contributed by atoms with Crippen LogP contribution >= 0.6 is 0 Å². The maximum absolute atomic E-state index is 15.4. The number of unbranched alkanes of at least 4 members (excludes halogenated alkanes) is 1. The number of rotatable bonds is 16. The van der Waals surface area contributed by atoms with Gasteiger partial charge in [0.25, 0.3) is 21.6 Å². The van der Waals surface area contributed by atoms with Crippen molar-refractivity contribution in [2.24, 2.45) is 5.41 Å². The molecule has 4 aromatic rings. The Morgan fingerprint density at radius 1 is 1.05 bits per heavy atom. The Labute approximate surface area is 363 Å². The van der Waals surface area contributed by atoms with Crippen LogP contribution in [-0.4, -0.2) is 104 Å². The molecule has 0 unspecified atom stereocenters. The Kier molecular flexibility index (Phi) is 13.4. The Morgan fingerprint density at radius 3 is 2.53 bits per heavy atom. The van der Waals surface area contributed by atoms with Crippen LogP contribution < -0.4 is 19.7 Å². The molecule has 62 heavy (non-hydrogen) atoms. The largest absolute Gasteiger partial charge is 0.455 e. The standard InChI is InChI=1S/C46H59FN8O6S/c1-6-7-8-32(2)39-28-45(3,4)15-13-34(39)30-53-21-23-54(24-22-53)35-9-11-38(42(26-35)61-36-25-33-14-18-48-43(33)49-29-36)44(56)51-62(59,60)37-10-12-40(41(27-37)55(57)58)50-31-46(47)16-19-52(5)20-17-46/h9-12,14,18,25-27,29,50H,2,6-8,13,15-17,19-24,28,30-31H2,1,3-5H3,(H,48,49)(H,51,56). The van der Waals surface area contributed by atoms with E-state index < -0.39 is 37.1 Å². The average molecular weight is 871 g/mol. The molecule has 16 heteroatoms. The normalized spacial score (nSPS) is 18.4. The molecule has 0 atom stereocenters. The van der Waals surface area contributed by atoms with Crippen LogP contribution in [0.1, 0.15) is 82.5 Å². The molecule has 0 bridgehead atoms. The van der Waals surface area contributed by atoms with E-state index in [9.17, 15) is 23.3 Å². The molecule has 4 heterocycles. The van der Waals surface area contributed by atoms with Gasteiger partial charge in [0, 0.05) is 81.8 Å². The molecule has 2 aromatic carbocycles. The maximum Gasteiger partial charge on any atom is 0.293 e. The lowest BCUT2D eigenvalue weighted by atomic mass is 9.72. The SMILES string of the molecule is C=C(CCCC)C1=C(CN2CCN(c3ccc(C(=O)NS(=O)(=O)c4ccc(NCC5(F)CCN(C)CC5)c([N+](=O)[O-])c4)c(Oc4cnc5[nH]ccc5c4)c3)CC2)CCC(C)(C)C1. The lowest BCUT2D eigenvalue weighted by Gasteiger charge is -2.39. The van der Waals surface area contributed by atoms with Crippen LogP contribution in [0, 0.1) is 15.5 Å². The number of amides is 1. The van der Waals surface area contributed by atoms with Gasteiger partial charge in [-0.05, 0) is 99.4 Å². The number of pyridine rings is 1. The molecule has 2 saturated heterocycles. The van der Waals surface area contributed by atoms with Crippen molar-refractivity contribution in [2.45, 2.75) is 82.7 Å². The van der Waals surface area contributed by atoms with Crippen molar-refractivity contribution in [1.82, 2.24) is 24.5 Å². The Balaban J connectivity index is 1.09. The number of allylic oxidation sites excluding steroid dienone is 2. The third kappa shape index (κ3) is 10.6. The van der Waals surface area contributed by atoms with E-state index in [4.69, 9.17) is 4.74 Å². The Hall–Kier alpha value is -5.32. The van der Waals surface area contributed by atoms with Gasteiger partial charge < -0.3 is 24.8 Å². The highest BCUT2D eigenvalue weighted by Gasteiger charge is 2.35. The number of nitro groups is 1. The second kappa shape index (κ2) is 18.6. The first kappa shape index (κ1) is 44.7. The number of nitrogens with zero attached hydrogens (tertiary/aromatic N) is 5. The molecule has 2 fully saturated rings. The zero-order valence-electron chi connectivity index (χ0n) is 36.3. The fourth-order valence-electron chi connectivity index (χ4n) is 8.60. The van der Waals surface area contributed by atoms with Crippen molar-refractivity contribution in [3.8, 4) is 11.5 Å². The zero-order chi connectivity index (χ0) is 44.2. The summed E-state index contributed by atoms with van der Waals surface area (Å²) in [6.07, 6.45) is 10.4. The van der Waals surface area contributed by atoms with E-state index in [2.05, 4.69) is 57.2 Å². The number of likely N-dealkylation sites (tertiary alicyclic amines) is 1. The first-order valence-electron chi connectivity index (χ1n) is 21.6. The van der Waals surface area contributed by atoms with Crippen molar-refractivity contribution in [2.75, 3.05) is 69.6 Å². The lowest BCUT2D eigenvalue weighted by Crippen LogP contribution is -2.47. The summed E-state index contributed by atoms with van der Waals surface area (Å²) < 4.78 is 51.2. The number of nitrogens with one attached hydrogen (secondary N) is 3. The highest BCUT2D eigenvalue weighted by Crippen LogP contribution is 2.42. The monoisotopic (exact) mass is 870 g/mol. The van der Waals surface area contributed by atoms with Gasteiger partial charge in [-0.1, -0.05) is 44.9 Å². The Morgan fingerprint density at radius 2 is 1.81 bits per heavy atom. The first-order valence-corrected chi connectivity index (χ1v) is 23.1. The third-order valence-electron chi connectivity index (χ3n) is 12.6. The molecule has 14 nitrogen and oxygen atoms in total. The number of piperazine rings is 1. The number of hydrogen-bond acceptors (Lipinski definition) is 11. The van der Waals surface area contributed by atoms with E-state index in [1.165, 1.54) is 35.0 Å². The number of H-pyrrole nitrogens is 1. The molecule has 3 aliphatic rings. The summed E-state index contributed by atoms with van der Waals surface area (Å²) in [5.74, 6) is -0.539. The summed E-state index contributed by atoms with van der Waals surface area (Å²) in [6.45, 7) is 16.4. The highest BCUT2D eigenvalue weighted by atomic mass is 32.2. The van der Waals surface area contributed by atoms with Crippen molar-refractivity contribution in [3.05, 3.63) is 99.9 Å². The first-order chi connectivity index (χ1) is 29.5. The molecule has 0 radical (unpaired) electrons. The van der Waals surface area contributed by atoms with Crippen molar-refractivity contribution in [1.29, 1.82) is 0 Å². The van der Waals surface area contributed by atoms with E-state index >= 15 is 4.39 Å². The van der Waals surface area contributed by atoms with Crippen molar-refractivity contribution < 1.29 is 27.3 Å². The smallest absolute Gasteiger partial charge is 0.293 e. The van der Waals surface area contributed by atoms with Gasteiger partial charge >= 0.3 is 0 Å². The number of carbonyl (C=O) groups excluding carboxylic acids is 1. The van der Waals surface area contributed by atoms with Gasteiger partial charge in [-0.15, -0.1) is 0 Å². The number of aromatic amines is 1. The number of anilines is 2. The molecule has 3 N–H and O–H groups in total. The fourth-order valence-corrected chi connectivity index (χ4v) is 9.59. The van der Waals surface area contributed by atoms with Gasteiger partial charge in [-0.25, -0.2) is 22.5 Å². The molecular formula is C46H59FN8O6S. The van der Waals surface area contributed by atoms with Gasteiger partial charge in [0.05, 0.1) is 21.6 Å². The number of fused-ring (bicyclic) bond motifs is 1. The van der Waals surface area contributed by atoms with E-state index in [0.29, 0.717) is 24.5 Å². The number of nitro benzene ring substituents is 1. The van der Waals surface area contributed by atoms with Crippen LogP contribution in [-0.2, 0) is 10.0 Å². The number of piperidine rings is 1. The quantitative estimate of drug-likeness (QED) is 0.0729. The minimum atomic E-state index is -4.62. The summed E-state index contributed by atoms with van der Waals surface area (Å²) in [4.78, 5) is 39.0. The minimum absolute atomic E-state index is 0.0236. The van der Waals surface area contributed by atoms with Crippen molar-refractivity contribution >= 4 is 44.0 Å². The van der Waals surface area contributed by atoms with Crippen LogP contribution in [0.25, 0.3) is 11.0 Å². The number of alkyl halides is 1. The summed E-state index contributed by atoms with van der Waals surface area (Å²) in [6, 6.07) is 11.9. The van der Waals surface area contributed by atoms with Gasteiger partial charge in [0.1, 0.15) is 28.5 Å². The lowest BCUT2D eigenvalue weighted by molar-refractivity contribution is -0.384. The van der Waals surface area contributed by atoms with E-state index in [1.54, 1.807) is 24.4 Å². The van der Waals surface area contributed by atoms with Crippen LogP contribution in [0.3, 0.4) is 0 Å². The molecule has 1 amide bonds. The number of hydrogen-bond donors (Lipinski definition) is 3. The molecular weight excluding hydrogens is 812 g/mol. The fraction of sp³-hybridized carbons (Fsp3) is 0.478. The molecule has 0 spiro atoms. The van der Waals surface area contributed by atoms with E-state index in [1.807, 2.05) is 18.0 Å².